The normalized spacial score (nSPS) is 11.1. The van der Waals surface area contributed by atoms with Gasteiger partial charge in [0.15, 0.2) is 0 Å². The third-order valence-electron chi connectivity index (χ3n) is 2.73. The molecular formula is C14H18IN3. The van der Waals surface area contributed by atoms with Gasteiger partial charge in [-0.2, -0.15) is 5.10 Å². The van der Waals surface area contributed by atoms with Crippen LogP contribution in [-0.2, 0) is 6.54 Å². The molecule has 0 aliphatic heterocycles. The van der Waals surface area contributed by atoms with Crippen molar-refractivity contribution in [3.63, 3.8) is 0 Å². The van der Waals surface area contributed by atoms with Crippen LogP contribution in [0.25, 0.3) is 11.3 Å². The van der Waals surface area contributed by atoms with Crippen LogP contribution < -0.4 is 5.32 Å². The minimum atomic E-state index is 0.664. The van der Waals surface area contributed by atoms with E-state index in [0.717, 1.165) is 18.8 Å². The fourth-order valence-corrected chi connectivity index (χ4v) is 2.49. The maximum absolute atomic E-state index is 4.17. The van der Waals surface area contributed by atoms with Gasteiger partial charge in [0, 0.05) is 21.2 Å². The van der Waals surface area contributed by atoms with Crippen molar-refractivity contribution in [3.8, 4) is 11.3 Å². The Morgan fingerprint density at radius 2 is 2.11 bits per heavy atom. The van der Waals surface area contributed by atoms with Crippen molar-refractivity contribution in [1.82, 2.24) is 15.5 Å². The predicted octanol–water partition coefficient (Wildman–Crippen LogP) is 3.43. The van der Waals surface area contributed by atoms with Crippen molar-refractivity contribution in [1.29, 1.82) is 0 Å². The fourth-order valence-electron chi connectivity index (χ4n) is 1.84. The Labute approximate surface area is 122 Å². The lowest BCUT2D eigenvalue weighted by Gasteiger charge is -2.08. The molecule has 0 spiro atoms. The van der Waals surface area contributed by atoms with E-state index in [0.29, 0.717) is 5.92 Å². The summed E-state index contributed by atoms with van der Waals surface area (Å²) in [5, 5.41) is 10.7. The van der Waals surface area contributed by atoms with Gasteiger partial charge in [-0.05, 0) is 41.1 Å². The summed E-state index contributed by atoms with van der Waals surface area (Å²) >= 11 is 2.36. The molecule has 2 aromatic rings. The molecule has 2 N–H and O–H groups in total. The van der Waals surface area contributed by atoms with Crippen LogP contribution in [0.4, 0.5) is 0 Å². The smallest absolute Gasteiger partial charge is 0.0705 e. The van der Waals surface area contributed by atoms with Crippen molar-refractivity contribution in [2.75, 3.05) is 6.54 Å². The third kappa shape index (κ3) is 3.32. The molecule has 0 saturated heterocycles. The van der Waals surface area contributed by atoms with E-state index in [1.807, 2.05) is 6.20 Å². The lowest BCUT2D eigenvalue weighted by atomic mass is 10.1. The maximum atomic E-state index is 4.17. The summed E-state index contributed by atoms with van der Waals surface area (Å²) < 4.78 is 1.24. The van der Waals surface area contributed by atoms with Crippen LogP contribution in [0.2, 0.25) is 0 Å². The Morgan fingerprint density at radius 3 is 2.83 bits per heavy atom. The minimum Gasteiger partial charge on any atom is -0.312 e. The zero-order valence-corrected chi connectivity index (χ0v) is 12.9. The first kappa shape index (κ1) is 13.5. The number of nitrogens with one attached hydrogen (secondary N) is 2. The van der Waals surface area contributed by atoms with Gasteiger partial charge >= 0.3 is 0 Å². The summed E-state index contributed by atoms with van der Waals surface area (Å²) in [4.78, 5) is 0. The Morgan fingerprint density at radius 1 is 1.33 bits per heavy atom. The summed E-state index contributed by atoms with van der Waals surface area (Å²) in [6.45, 7) is 6.30. The molecule has 0 saturated carbocycles. The van der Waals surface area contributed by atoms with Gasteiger partial charge in [-0.1, -0.05) is 32.0 Å². The first-order valence-electron chi connectivity index (χ1n) is 6.16. The Kier molecular flexibility index (Phi) is 4.77. The number of nitrogens with zero attached hydrogens (tertiary/aromatic N) is 1. The SMILES string of the molecule is CC(C)CNCc1cn[nH]c1-c1ccccc1I. The van der Waals surface area contributed by atoms with Crippen LogP contribution in [0.3, 0.4) is 0 Å². The molecule has 2 rings (SSSR count). The number of hydrogen-bond acceptors (Lipinski definition) is 2. The van der Waals surface area contributed by atoms with E-state index in [1.54, 1.807) is 0 Å². The summed E-state index contributed by atoms with van der Waals surface area (Å²) in [7, 11) is 0. The highest BCUT2D eigenvalue weighted by Crippen LogP contribution is 2.25. The molecule has 18 heavy (non-hydrogen) atoms. The van der Waals surface area contributed by atoms with Gasteiger partial charge in [0.25, 0.3) is 0 Å². The summed E-state index contributed by atoms with van der Waals surface area (Å²) in [5.41, 5.74) is 3.56. The Hall–Kier alpha value is -0.880. The zero-order valence-electron chi connectivity index (χ0n) is 10.7. The number of aromatic nitrogens is 2. The molecule has 0 fully saturated rings. The van der Waals surface area contributed by atoms with Crippen molar-refractivity contribution < 1.29 is 0 Å². The fraction of sp³-hybridized carbons (Fsp3) is 0.357. The molecule has 1 heterocycles. The molecule has 4 heteroatoms. The highest BCUT2D eigenvalue weighted by molar-refractivity contribution is 14.1. The molecule has 1 aromatic carbocycles. The largest absolute Gasteiger partial charge is 0.312 e. The van der Waals surface area contributed by atoms with E-state index in [9.17, 15) is 0 Å². The second-order valence-electron chi connectivity index (χ2n) is 4.77. The summed E-state index contributed by atoms with van der Waals surface area (Å²) in [6, 6.07) is 8.35. The number of benzene rings is 1. The van der Waals surface area contributed by atoms with Crippen molar-refractivity contribution in [3.05, 3.63) is 39.6 Å². The molecule has 0 unspecified atom stereocenters. The van der Waals surface area contributed by atoms with Gasteiger partial charge in [-0.3, -0.25) is 5.10 Å². The first-order valence-corrected chi connectivity index (χ1v) is 7.24. The van der Waals surface area contributed by atoms with Crippen LogP contribution in [0.15, 0.2) is 30.5 Å². The average Bonchev–Trinajstić information content (AvgIpc) is 2.77. The van der Waals surface area contributed by atoms with E-state index < -0.39 is 0 Å². The lowest BCUT2D eigenvalue weighted by Crippen LogP contribution is -2.19. The molecular weight excluding hydrogens is 337 g/mol. The van der Waals surface area contributed by atoms with Gasteiger partial charge in [-0.25, -0.2) is 0 Å². The standard InChI is InChI=1S/C14H18IN3/c1-10(2)7-16-8-11-9-17-18-14(11)12-5-3-4-6-13(12)15/h3-6,9-10,16H,7-8H2,1-2H3,(H,17,18). The quantitative estimate of drug-likeness (QED) is 0.807. The lowest BCUT2D eigenvalue weighted by molar-refractivity contribution is 0.553. The zero-order chi connectivity index (χ0) is 13.0. The molecule has 0 radical (unpaired) electrons. The first-order chi connectivity index (χ1) is 8.68. The minimum absolute atomic E-state index is 0.664. The van der Waals surface area contributed by atoms with Gasteiger partial charge < -0.3 is 5.32 Å². The van der Waals surface area contributed by atoms with Crippen LogP contribution in [-0.4, -0.2) is 16.7 Å². The highest BCUT2D eigenvalue weighted by Gasteiger charge is 2.09. The summed E-state index contributed by atoms with van der Waals surface area (Å²) in [6.07, 6.45) is 1.91. The Balaban J connectivity index is 2.15. The van der Waals surface area contributed by atoms with E-state index in [4.69, 9.17) is 0 Å². The topological polar surface area (TPSA) is 40.7 Å². The summed E-state index contributed by atoms with van der Waals surface area (Å²) in [5.74, 6) is 0.664. The average molecular weight is 355 g/mol. The van der Waals surface area contributed by atoms with Crippen molar-refractivity contribution in [2.45, 2.75) is 20.4 Å². The van der Waals surface area contributed by atoms with E-state index >= 15 is 0 Å². The highest BCUT2D eigenvalue weighted by atomic mass is 127. The molecule has 96 valence electrons. The molecule has 3 nitrogen and oxygen atoms in total. The molecule has 0 atom stereocenters. The van der Waals surface area contributed by atoms with Gasteiger partial charge in [-0.15, -0.1) is 0 Å². The van der Waals surface area contributed by atoms with Gasteiger partial charge in [0.1, 0.15) is 0 Å². The number of H-pyrrole nitrogens is 1. The monoisotopic (exact) mass is 355 g/mol. The molecule has 0 bridgehead atoms. The second kappa shape index (κ2) is 6.33. The van der Waals surface area contributed by atoms with Gasteiger partial charge in [0.05, 0.1) is 11.9 Å². The third-order valence-corrected chi connectivity index (χ3v) is 3.67. The van der Waals surface area contributed by atoms with Crippen molar-refractivity contribution in [2.24, 2.45) is 5.92 Å². The number of hydrogen-bond donors (Lipinski definition) is 2. The van der Waals surface area contributed by atoms with Crippen molar-refractivity contribution >= 4 is 22.6 Å². The van der Waals surface area contributed by atoms with Crippen LogP contribution in [0.5, 0.6) is 0 Å². The molecule has 0 aliphatic carbocycles. The maximum Gasteiger partial charge on any atom is 0.0705 e. The van der Waals surface area contributed by atoms with Crippen LogP contribution >= 0.6 is 22.6 Å². The van der Waals surface area contributed by atoms with E-state index in [-0.39, 0.29) is 0 Å². The number of halogens is 1. The number of aromatic amines is 1. The molecule has 0 amide bonds. The number of rotatable bonds is 5. The second-order valence-corrected chi connectivity index (χ2v) is 5.94. The van der Waals surface area contributed by atoms with Crippen LogP contribution in [0, 0.1) is 9.49 Å². The van der Waals surface area contributed by atoms with E-state index in [2.05, 4.69) is 76.2 Å². The molecule has 0 aliphatic rings. The van der Waals surface area contributed by atoms with Crippen LogP contribution in [0.1, 0.15) is 19.4 Å². The van der Waals surface area contributed by atoms with E-state index in [1.165, 1.54) is 14.7 Å². The van der Waals surface area contributed by atoms with Gasteiger partial charge in [0.2, 0.25) is 0 Å². The predicted molar refractivity (Wildman–Crippen MR) is 83.3 cm³/mol. The molecule has 1 aromatic heterocycles. The Bertz CT molecular complexity index is 505.